The van der Waals surface area contributed by atoms with Crippen LogP contribution in [0, 0.1) is 0 Å². The first-order valence-corrected chi connectivity index (χ1v) is 18.4. The summed E-state index contributed by atoms with van der Waals surface area (Å²) in [5.41, 5.74) is 1.42. The van der Waals surface area contributed by atoms with Crippen molar-refractivity contribution >= 4 is 15.7 Å². The van der Waals surface area contributed by atoms with E-state index in [0.717, 1.165) is 43.5 Å². The Balaban J connectivity index is 1.49. The summed E-state index contributed by atoms with van der Waals surface area (Å²) in [7, 11) is 1.65. The van der Waals surface area contributed by atoms with Crippen LogP contribution in [0.3, 0.4) is 0 Å². The van der Waals surface area contributed by atoms with Gasteiger partial charge >= 0.3 is 0 Å². The number of hydrogen-bond acceptors (Lipinski definition) is 7. The number of fused-ring (bicyclic) bond motifs is 1. The van der Waals surface area contributed by atoms with Gasteiger partial charge in [0, 0.05) is 44.9 Å². The molecule has 0 bridgehead atoms. The first-order valence-electron chi connectivity index (χ1n) is 17.0. The molecule has 2 atom stereocenters. The number of likely N-dealkylation sites (N-methyl/N-ethyl adjacent to an activating group) is 1. The SMILES string of the molecule is CCCCC1(CCCC)[C@H](O)[C@H](c2ccc(OCCOCCOCC[n+]3ccccc3)cc2)c2cc(N(C)C)ccc2S(=O)(=O)N1C. The van der Waals surface area contributed by atoms with Crippen molar-refractivity contribution in [2.45, 2.75) is 81.4 Å². The molecule has 1 aliphatic heterocycles. The number of nitrogens with zero attached hydrogens (tertiary/aromatic N) is 3. The van der Waals surface area contributed by atoms with Crippen molar-refractivity contribution in [3.05, 3.63) is 84.2 Å². The van der Waals surface area contributed by atoms with Gasteiger partial charge in [0.15, 0.2) is 18.9 Å². The van der Waals surface area contributed by atoms with E-state index in [1.165, 1.54) is 4.31 Å². The van der Waals surface area contributed by atoms with Gasteiger partial charge in [0.2, 0.25) is 10.0 Å². The van der Waals surface area contributed by atoms with E-state index >= 15 is 0 Å². The van der Waals surface area contributed by atoms with E-state index in [1.54, 1.807) is 13.1 Å². The van der Waals surface area contributed by atoms with Crippen molar-refractivity contribution in [3.8, 4) is 5.75 Å². The van der Waals surface area contributed by atoms with Gasteiger partial charge in [-0.3, -0.25) is 0 Å². The molecule has 258 valence electrons. The zero-order valence-corrected chi connectivity index (χ0v) is 29.6. The van der Waals surface area contributed by atoms with Crippen molar-refractivity contribution in [3.63, 3.8) is 0 Å². The van der Waals surface area contributed by atoms with Crippen LogP contribution in [-0.2, 0) is 26.0 Å². The number of hydrogen-bond donors (Lipinski definition) is 1. The van der Waals surface area contributed by atoms with E-state index in [0.29, 0.717) is 57.2 Å². The van der Waals surface area contributed by atoms with Gasteiger partial charge in [-0.15, -0.1) is 0 Å². The lowest BCUT2D eigenvalue weighted by molar-refractivity contribution is -0.698. The summed E-state index contributed by atoms with van der Waals surface area (Å²) >= 11 is 0. The molecule has 4 rings (SSSR count). The lowest BCUT2D eigenvalue weighted by Gasteiger charge is -2.45. The molecule has 2 heterocycles. The highest BCUT2D eigenvalue weighted by molar-refractivity contribution is 7.89. The minimum Gasteiger partial charge on any atom is -0.491 e. The third kappa shape index (κ3) is 8.91. The van der Waals surface area contributed by atoms with Crippen LogP contribution < -0.4 is 14.2 Å². The first kappa shape index (κ1) is 36.8. The Labute approximate surface area is 282 Å². The maximum atomic E-state index is 14.3. The van der Waals surface area contributed by atoms with Crippen LogP contribution in [-0.4, -0.2) is 83.6 Å². The van der Waals surface area contributed by atoms with Crippen molar-refractivity contribution in [1.82, 2.24) is 4.31 Å². The molecule has 0 unspecified atom stereocenters. The van der Waals surface area contributed by atoms with Gasteiger partial charge in [-0.05, 0) is 54.3 Å². The molecule has 10 heteroatoms. The molecule has 0 saturated carbocycles. The summed E-state index contributed by atoms with van der Waals surface area (Å²) in [5.74, 6) is 0.142. The number of aliphatic hydroxyl groups is 1. The van der Waals surface area contributed by atoms with Crippen LogP contribution in [0.15, 0.2) is 78.0 Å². The van der Waals surface area contributed by atoms with Crippen LogP contribution in [0.25, 0.3) is 0 Å². The maximum absolute atomic E-state index is 14.3. The Hall–Kier alpha value is -3.02. The molecule has 1 aromatic heterocycles. The molecule has 1 aliphatic rings. The maximum Gasteiger partial charge on any atom is 0.243 e. The highest BCUT2D eigenvalue weighted by atomic mass is 32.2. The van der Waals surface area contributed by atoms with Crippen LogP contribution in [0.5, 0.6) is 5.75 Å². The van der Waals surface area contributed by atoms with E-state index in [4.69, 9.17) is 14.2 Å². The fourth-order valence-electron chi connectivity index (χ4n) is 6.47. The summed E-state index contributed by atoms with van der Waals surface area (Å²) in [4.78, 5) is 2.21. The Morgan fingerprint density at radius 1 is 0.872 bits per heavy atom. The van der Waals surface area contributed by atoms with Gasteiger partial charge in [0.05, 0.1) is 36.4 Å². The van der Waals surface area contributed by atoms with E-state index < -0.39 is 27.6 Å². The number of sulfonamides is 1. The van der Waals surface area contributed by atoms with Gasteiger partial charge in [-0.25, -0.2) is 13.0 Å². The summed E-state index contributed by atoms with van der Waals surface area (Å²) in [6, 6.07) is 19.2. The minimum atomic E-state index is -3.88. The predicted octanol–water partition coefficient (Wildman–Crippen LogP) is 5.40. The third-order valence-corrected chi connectivity index (χ3v) is 11.3. The number of unbranched alkanes of at least 4 members (excludes halogenated alkanes) is 2. The number of pyridine rings is 1. The fraction of sp³-hybridized carbons (Fsp3) is 0.541. The quantitative estimate of drug-likeness (QED) is 0.143. The zero-order valence-electron chi connectivity index (χ0n) is 28.8. The molecule has 0 spiro atoms. The predicted molar refractivity (Wildman–Crippen MR) is 186 cm³/mol. The van der Waals surface area contributed by atoms with E-state index in [9.17, 15) is 13.5 Å². The number of benzene rings is 2. The third-order valence-electron chi connectivity index (χ3n) is 9.28. The highest BCUT2D eigenvalue weighted by Gasteiger charge is 2.53. The van der Waals surface area contributed by atoms with Gasteiger partial charge in [-0.2, -0.15) is 4.31 Å². The Bertz CT molecular complexity index is 1480. The second-order valence-electron chi connectivity index (χ2n) is 12.6. The molecule has 0 saturated heterocycles. The first-order chi connectivity index (χ1) is 22.7. The molecule has 47 heavy (non-hydrogen) atoms. The normalized spacial score (nSPS) is 18.8. The summed E-state index contributed by atoms with van der Waals surface area (Å²) in [5, 5.41) is 12.5. The fourth-order valence-corrected chi connectivity index (χ4v) is 8.26. The molecule has 1 N–H and O–H groups in total. The number of rotatable bonds is 18. The van der Waals surface area contributed by atoms with E-state index in [1.807, 2.05) is 86.0 Å². The van der Waals surface area contributed by atoms with Crippen LogP contribution >= 0.6 is 0 Å². The lowest BCUT2D eigenvalue weighted by Crippen LogP contribution is -2.57. The second kappa shape index (κ2) is 17.4. The largest absolute Gasteiger partial charge is 0.491 e. The van der Waals surface area contributed by atoms with E-state index in [-0.39, 0.29) is 4.90 Å². The molecule has 0 radical (unpaired) electrons. The summed E-state index contributed by atoms with van der Waals surface area (Å²) in [6.45, 7) is 7.46. The monoisotopic (exact) mass is 668 g/mol. The average molecular weight is 669 g/mol. The van der Waals surface area contributed by atoms with Gasteiger partial charge in [0.25, 0.3) is 0 Å². The van der Waals surface area contributed by atoms with Crippen molar-refractivity contribution in [2.24, 2.45) is 0 Å². The molecule has 0 aliphatic carbocycles. The van der Waals surface area contributed by atoms with E-state index in [2.05, 4.69) is 18.4 Å². The van der Waals surface area contributed by atoms with Gasteiger partial charge in [-0.1, -0.05) is 57.7 Å². The van der Waals surface area contributed by atoms with Crippen LogP contribution in [0.1, 0.15) is 69.4 Å². The van der Waals surface area contributed by atoms with Crippen LogP contribution in [0.4, 0.5) is 5.69 Å². The lowest BCUT2D eigenvalue weighted by atomic mass is 9.72. The summed E-state index contributed by atoms with van der Waals surface area (Å²) in [6.07, 6.45) is 7.71. The highest BCUT2D eigenvalue weighted by Crippen LogP contribution is 2.48. The van der Waals surface area contributed by atoms with Crippen molar-refractivity contribution < 1.29 is 32.3 Å². The van der Waals surface area contributed by atoms with Gasteiger partial charge in [0.1, 0.15) is 19.0 Å². The number of aromatic nitrogens is 1. The number of ether oxygens (including phenoxy) is 3. The standard InChI is InChI=1S/C37H54N3O6S/c1-6-8-19-37(20-9-7-2)36(41)35(33-29-31(38(3)4)15-18-34(33)47(42,43)39(37)5)30-13-16-32(17-14-30)46-28-27-45-26-25-44-24-23-40-21-11-10-12-22-40/h10-18,21-22,29,35-36,41H,6-9,19-20,23-28H2,1-5H3/q+1/t35-,36-/m1/s1. The molecular weight excluding hydrogens is 614 g/mol. The number of anilines is 1. The molecule has 9 nitrogen and oxygen atoms in total. The Kier molecular flexibility index (Phi) is 13.6. The average Bonchev–Trinajstić information content (AvgIpc) is 3.13. The second-order valence-corrected chi connectivity index (χ2v) is 14.5. The molecule has 0 fully saturated rings. The number of aliphatic hydroxyl groups excluding tert-OH is 1. The van der Waals surface area contributed by atoms with Crippen molar-refractivity contribution in [1.29, 1.82) is 0 Å². The Morgan fingerprint density at radius 3 is 2.11 bits per heavy atom. The molecule has 2 aromatic carbocycles. The topological polar surface area (TPSA) is 92.4 Å². The molecule has 0 amide bonds. The molecular formula is C37H54N3O6S+. The Morgan fingerprint density at radius 2 is 1.49 bits per heavy atom. The minimum absolute atomic E-state index is 0.254. The van der Waals surface area contributed by atoms with Gasteiger partial charge < -0.3 is 24.2 Å². The molecule has 3 aromatic rings. The smallest absolute Gasteiger partial charge is 0.243 e. The van der Waals surface area contributed by atoms with Crippen LogP contribution in [0.2, 0.25) is 0 Å². The zero-order chi connectivity index (χ0) is 33.9. The van der Waals surface area contributed by atoms with Crippen molar-refractivity contribution in [2.75, 3.05) is 59.1 Å². The summed E-state index contributed by atoms with van der Waals surface area (Å²) < 4.78 is 49.5.